The highest BCUT2D eigenvalue weighted by Crippen LogP contribution is 2.36. The SMILES string of the molecule is NOCCCCc1ccc2ccc3cccc4ccc1c2c34. The van der Waals surface area contributed by atoms with Crippen molar-refractivity contribution in [1.82, 2.24) is 0 Å². The molecule has 22 heavy (non-hydrogen) atoms. The fourth-order valence-electron chi connectivity index (χ4n) is 3.51. The fraction of sp³-hybridized carbons (Fsp3) is 0.200. The zero-order valence-corrected chi connectivity index (χ0v) is 12.5. The van der Waals surface area contributed by atoms with Crippen LogP contribution in [0.3, 0.4) is 0 Å². The summed E-state index contributed by atoms with van der Waals surface area (Å²) in [7, 11) is 0. The Morgan fingerprint density at radius 1 is 0.727 bits per heavy atom. The van der Waals surface area contributed by atoms with E-state index in [4.69, 9.17) is 5.90 Å². The van der Waals surface area contributed by atoms with Crippen LogP contribution < -0.4 is 5.90 Å². The molecule has 4 aromatic rings. The summed E-state index contributed by atoms with van der Waals surface area (Å²) in [6.07, 6.45) is 3.16. The molecule has 0 heterocycles. The van der Waals surface area contributed by atoms with Gasteiger partial charge in [-0.25, -0.2) is 5.90 Å². The summed E-state index contributed by atoms with van der Waals surface area (Å²) in [5.41, 5.74) is 1.42. The molecule has 0 saturated carbocycles. The van der Waals surface area contributed by atoms with Crippen LogP contribution in [0.1, 0.15) is 18.4 Å². The third-order valence-electron chi connectivity index (χ3n) is 4.58. The lowest BCUT2D eigenvalue weighted by Gasteiger charge is -2.13. The first-order valence-electron chi connectivity index (χ1n) is 7.85. The Bertz CT molecular complexity index is 913. The van der Waals surface area contributed by atoms with Crippen molar-refractivity contribution in [2.75, 3.05) is 6.61 Å². The molecular formula is C20H19NO. The summed E-state index contributed by atoms with van der Waals surface area (Å²) in [6.45, 7) is 0.631. The van der Waals surface area contributed by atoms with Crippen LogP contribution in [-0.2, 0) is 11.3 Å². The van der Waals surface area contributed by atoms with Gasteiger partial charge in [-0.3, -0.25) is 0 Å². The largest absolute Gasteiger partial charge is 0.305 e. The van der Waals surface area contributed by atoms with Gasteiger partial charge in [-0.05, 0) is 57.1 Å². The molecule has 0 fully saturated rings. The number of unbranched alkanes of at least 4 members (excludes halogenated alkanes) is 1. The van der Waals surface area contributed by atoms with E-state index in [1.807, 2.05) is 0 Å². The second-order valence-corrected chi connectivity index (χ2v) is 5.91. The van der Waals surface area contributed by atoms with E-state index in [0.717, 1.165) is 19.3 Å². The zero-order valence-electron chi connectivity index (χ0n) is 12.5. The molecule has 4 rings (SSSR count). The van der Waals surface area contributed by atoms with Gasteiger partial charge in [0, 0.05) is 0 Å². The molecule has 0 radical (unpaired) electrons. The van der Waals surface area contributed by atoms with E-state index in [2.05, 4.69) is 59.4 Å². The highest BCUT2D eigenvalue weighted by atomic mass is 16.6. The van der Waals surface area contributed by atoms with E-state index in [1.54, 1.807) is 0 Å². The van der Waals surface area contributed by atoms with Gasteiger partial charge < -0.3 is 4.84 Å². The lowest BCUT2D eigenvalue weighted by molar-refractivity contribution is 0.134. The minimum Gasteiger partial charge on any atom is -0.305 e. The molecule has 110 valence electrons. The van der Waals surface area contributed by atoms with Crippen LogP contribution in [0.25, 0.3) is 32.3 Å². The van der Waals surface area contributed by atoms with Crippen LogP contribution in [0.15, 0.2) is 54.6 Å². The summed E-state index contributed by atoms with van der Waals surface area (Å²) >= 11 is 0. The van der Waals surface area contributed by atoms with Crippen molar-refractivity contribution in [3.8, 4) is 0 Å². The lowest BCUT2D eigenvalue weighted by atomic mass is 9.91. The normalized spacial score (nSPS) is 11.9. The van der Waals surface area contributed by atoms with E-state index in [-0.39, 0.29) is 0 Å². The molecule has 2 heteroatoms. The molecule has 0 aliphatic carbocycles. The Morgan fingerprint density at radius 2 is 1.41 bits per heavy atom. The predicted octanol–water partition coefficient (Wildman–Crippen LogP) is 4.80. The van der Waals surface area contributed by atoms with Crippen LogP contribution >= 0.6 is 0 Å². The third kappa shape index (κ3) is 2.12. The van der Waals surface area contributed by atoms with Gasteiger partial charge in [-0.1, -0.05) is 54.6 Å². The van der Waals surface area contributed by atoms with Crippen molar-refractivity contribution in [2.45, 2.75) is 19.3 Å². The van der Waals surface area contributed by atoms with Gasteiger partial charge >= 0.3 is 0 Å². The number of aryl methyl sites for hydroxylation is 1. The van der Waals surface area contributed by atoms with Gasteiger partial charge in [0.05, 0.1) is 6.61 Å². The number of benzene rings is 4. The first kappa shape index (κ1) is 13.5. The van der Waals surface area contributed by atoms with Crippen LogP contribution in [0.5, 0.6) is 0 Å². The average Bonchev–Trinajstić information content (AvgIpc) is 2.57. The summed E-state index contributed by atoms with van der Waals surface area (Å²) in [6, 6.07) is 20.0. The molecule has 0 aromatic heterocycles. The molecule has 4 aromatic carbocycles. The van der Waals surface area contributed by atoms with Crippen molar-refractivity contribution in [3.63, 3.8) is 0 Å². The summed E-state index contributed by atoms with van der Waals surface area (Å²) in [4.78, 5) is 4.66. The maximum Gasteiger partial charge on any atom is 0.0679 e. The van der Waals surface area contributed by atoms with Gasteiger partial charge in [0.2, 0.25) is 0 Å². The molecule has 2 nitrogen and oxygen atoms in total. The van der Waals surface area contributed by atoms with Crippen LogP contribution in [0.2, 0.25) is 0 Å². The monoisotopic (exact) mass is 289 g/mol. The van der Waals surface area contributed by atoms with E-state index in [0.29, 0.717) is 6.61 Å². The molecule has 0 aliphatic heterocycles. The second-order valence-electron chi connectivity index (χ2n) is 5.91. The average molecular weight is 289 g/mol. The van der Waals surface area contributed by atoms with Crippen molar-refractivity contribution >= 4 is 32.3 Å². The second kappa shape index (κ2) is 5.56. The van der Waals surface area contributed by atoms with E-state index >= 15 is 0 Å². The Kier molecular flexibility index (Phi) is 3.41. The number of hydrogen-bond acceptors (Lipinski definition) is 2. The molecule has 0 aliphatic rings. The summed E-state index contributed by atoms with van der Waals surface area (Å²) in [5, 5.41) is 8.16. The molecule has 0 spiro atoms. The number of hydrogen-bond donors (Lipinski definition) is 1. The van der Waals surface area contributed by atoms with Gasteiger partial charge in [-0.15, -0.1) is 0 Å². The highest BCUT2D eigenvalue weighted by Gasteiger charge is 2.10. The molecule has 0 saturated heterocycles. The van der Waals surface area contributed by atoms with Gasteiger partial charge in [-0.2, -0.15) is 0 Å². The van der Waals surface area contributed by atoms with Crippen LogP contribution in [-0.4, -0.2) is 6.61 Å². The first-order valence-corrected chi connectivity index (χ1v) is 7.85. The Balaban J connectivity index is 1.89. The van der Waals surface area contributed by atoms with Crippen molar-refractivity contribution in [3.05, 3.63) is 60.2 Å². The number of nitrogens with two attached hydrogens (primary N) is 1. The van der Waals surface area contributed by atoms with Gasteiger partial charge in [0.15, 0.2) is 0 Å². The maximum absolute atomic E-state index is 5.10. The fourth-order valence-corrected chi connectivity index (χ4v) is 3.51. The number of rotatable bonds is 5. The predicted molar refractivity (Wildman–Crippen MR) is 93.2 cm³/mol. The van der Waals surface area contributed by atoms with Gasteiger partial charge in [0.1, 0.15) is 0 Å². The minimum atomic E-state index is 0.631. The Morgan fingerprint density at radius 3 is 2.18 bits per heavy atom. The summed E-state index contributed by atoms with van der Waals surface area (Å²) < 4.78 is 0. The topological polar surface area (TPSA) is 35.2 Å². The molecule has 0 atom stereocenters. The van der Waals surface area contributed by atoms with E-state index in [1.165, 1.54) is 37.9 Å². The summed E-state index contributed by atoms with van der Waals surface area (Å²) in [5.74, 6) is 5.10. The zero-order chi connectivity index (χ0) is 14.9. The van der Waals surface area contributed by atoms with Crippen LogP contribution in [0, 0.1) is 0 Å². The highest BCUT2D eigenvalue weighted by molar-refractivity contribution is 6.23. The quantitative estimate of drug-likeness (QED) is 0.325. The maximum atomic E-state index is 5.10. The molecule has 2 N–H and O–H groups in total. The van der Waals surface area contributed by atoms with E-state index < -0.39 is 0 Å². The molecule has 0 bridgehead atoms. The van der Waals surface area contributed by atoms with Crippen LogP contribution in [0.4, 0.5) is 0 Å². The Labute approximate surface area is 129 Å². The first-order chi connectivity index (χ1) is 10.9. The van der Waals surface area contributed by atoms with Crippen molar-refractivity contribution in [1.29, 1.82) is 0 Å². The molecular weight excluding hydrogens is 270 g/mol. The van der Waals surface area contributed by atoms with E-state index in [9.17, 15) is 0 Å². The molecule has 0 unspecified atom stereocenters. The minimum absolute atomic E-state index is 0.631. The smallest absolute Gasteiger partial charge is 0.0679 e. The standard InChI is InChI=1S/C20H19NO/c21-22-13-2-1-4-14-7-8-17-10-9-15-5-3-6-16-11-12-18(14)20(17)19(15)16/h3,5-12H,1-2,4,13,21H2. The Hall–Kier alpha value is -2.16. The molecule has 0 amide bonds. The third-order valence-corrected chi connectivity index (χ3v) is 4.58. The van der Waals surface area contributed by atoms with Crippen molar-refractivity contribution in [2.24, 2.45) is 5.90 Å². The lowest BCUT2D eigenvalue weighted by Crippen LogP contribution is -2.01. The van der Waals surface area contributed by atoms with Crippen molar-refractivity contribution < 1.29 is 4.84 Å². The van der Waals surface area contributed by atoms with Gasteiger partial charge in [0.25, 0.3) is 0 Å².